The third-order valence-electron chi connectivity index (χ3n) is 4.02. The summed E-state index contributed by atoms with van der Waals surface area (Å²) in [4.78, 5) is 12.3. The zero-order chi connectivity index (χ0) is 15.9. The number of carbonyl (C=O) groups is 1. The van der Waals surface area contributed by atoms with Crippen LogP contribution in [0.25, 0.3) is 0 Å². The number of halogens is 1. The molecule has 0 heterocycles. The van der Waals surface area contributed by atoms with Crippen molar-refractivity contribution in [1.29, 1.82) is 0 Å². The van der Waals surface area contributed by atoms with Crippen molar-refractivity contribution in [1.82, 2.24) is 5.32 Å². The lowest BCUT2D eigenvalue weighted by Gasteiger charge is -2.29. The molecule has 1 N–H and O–H groups in total. The van der Waals surface area contributed by atoms with Crippen molar-refractivity contribution in [3.8, 4) is 11.5 Å². The van der Waals surface area contributed by atoms with Gasteiger partial charge in [-0.2, -0.15) is 0 Å². The third-order valence-corrected chi connectivity index (χ3v) is 4.59. The molecule has 0 saturated heterocycles. The van der Waals surface area contributed by atoms with Gasteiger partial charge >= 0.3 is 0 Å². The van der Waals surface area contributed by atoms with Crippen LogP contribution in [0, 0.1) is 5.41 Å². The van der Waals surface area contributed by atoms with E-state index >= 15 is 0 Å². The summed E-state index contributed by atoms with van der Waals surface area (Å²) in [5, 5.41) is 2.96. The van der Waals surface area contributed by atoms with Crippen LogP contribution in [0.5, 0.6) is 11.5 Å². The molecule has 1 aromatic carbocycles. The topological polar surface area (TPSA) is 47.6 Å². The molecule has 4 nitrogen and oxygen atoms in total. The number of nitrogens with one attached hydrogen (secondary N) is 1. The molecule has 1 amide bonds. The van der Waals surface area contributed by atoms with E-state index in [-0.39, 0.29) is 11.3 Å². The summed E-state index contributed by atoms with van der Waals surface area (Å²) in [5.74, 6) is 1.56. The van der Waals surface area contributed by atoms with E-state index in [0.717, 1.165) is 12.8 Å². The number of benzene rings is 1. The Kier molecular flexibility index (Phi) is 6.82. The van der Waals surface area contributed by atoms with Crippen LogP contribution in [-0.4, -0.2) is 32.6 Å². The Morgan fingerprint density at radius 1 is 1.14 bits per heavy atom. The Labute approximate surface area is 131 Å². The van der Waals surface area contributed by atoms with Crippen molar-refractivity contribution in [2.45, 2.75) is 26.7 Å². The molecule has 0 unspecified atom stereocenters. The van der Waals surface area contributed by atoms with E-state index < -0.39 is 0 Å². The van der Waals surface area contributed by atoms with Crippen LogP contribution in [0.15, 0.2) is 18.2 Å². The molecule has 0 bridgehead atoms. The van der Waals surface area contributed by atoms with Crippen molar-refractivity contribution in [2.75, 3.05) is 26.6 Å². The maximum absolute atomic E-state index is 12.3. The molecular weight excluding hydrogens is 290 g/mol. The minimum absolute atomic E-state index is 0.0554. The Balaban J connectivity index is 2.84. The first kappa shape index (κ1) is 17.6. The highest BCUT2D eigenvalue weighted by Crippen LogP contribution is 2.27. The molecule has 0 aromatic heterocycles. The zero-order valence-corrected chi connectivity index (χ0v) is 13.9. The smallest absolute Gasteiger partial charge is 0.251 e. The molecule has 0 saturated carbocycles. The second-order valence-corrected chi connectivity index (χ2v) is 5.39. The van der Waals surface area contributed by atoms with Gasteiger partial charge in [0.05, 0.1) is 14.2 Å². The van der Waals surface area contributed by atoms with Crippen LogP contribution in [0.3, 0.4) is 0 Å². The van der Waals surface area contributed by atoms with Crippen LogP contribution < -0.4 is 14.8 Å². The van der Waals surface area contributed by atoms with Gasteiger partial charge in [0.15, 0.2) is 0 Å². The van der Waals surface area contributed by atoms with Gasteiger partial charge in [0.2, 0.25) is 0 Å². The Bertz CT molecular complexity index is 442. The zero-order valence-electron chi connectivity index (χ0n) is 13.2. The second kappa shape index (κ2) is 8.13. The average Bonchev–Trinajstić information content (AvgIpc) is 2.55. The van der Waals surface area contributed by atoms with Crippen molar-refractivity contribution < 1.29 is 14.3 Å². The molecule has 0 fully saturated rings. The molecule has 1 rings (SSSR count). The summed E-state index contributed by atoms with van der Waals surface area (Å²) in [5.41, 5.74) is 0.460. The molecule has 0 aliphatic rings. The fourth-order valence-electron chi connectivity index (χ4n) is 2.04. The first-order valence-electron chi connectivity index (χ1n) is 7.11. The number of alkyl halides is 1. The van der Waals surface area contributed by atoms with Gasteiger partial charge < -0.3 is 14.8 Å². The molecule has 21 heavy (non-hydrogen) atoms. The van der Waals surface area contributed by atoms with Gasteiger partial charge in [-0.3, -0.25) is 4.79 Å². The van der Waals surface area contributed by atoms with Crippen molar-refractivity contribution in [3.05, 3.63) is 23.8 Å². The standard InChI is InChI=1S/C16H24ClNO3/c1-5-16(6-2,10-17)11-18-15(19)12-7-13(20-3)9-14(8-12)21-4/h7-9H,5-6,10-11H2,1-4H3,(H,18,19). The van der Waals surface area contributed by atoms with E-state index in [1.165, 1.54) is 0 Å². The molecule has 0 radical (unpaired) electrons. The average molecular weight is 314 g/mol. The maximum Gasteiger partial charge on any atom is 0.251 e. The molecular formula is C16H24ClNO3. The SMILES string of the molecule is CCC(CC)(CCl)CNC(=O)c1cc(OC)cc(OC)c1. The van der Waals surface area contributed by atoms with Gasteiger partial charge in [-0.25, -0.2) is 0 Å². The quantitative estimate of drug-likeness (QED) is 0.747. The fourth-order valence-corrected chi connectivity index (χ4v) is 2.52. The van der Waals surface area contributed by atoms with E-state index in [1.807, 2.05) is 0 Å². The predicted molar refractivity (Wildman–Crippen MR) is 85.6 cm³/mol. The van der Waals surface area contributed by atoms with Gasteiger partial charge in [0.1, 0.15) is 11.5 Å². The Hall–Kier alpha value is -1.42. The van der Waals surface area contributed by atoms with Crippen LogP contribution >= 0.6 is 11.6 Å². The summed E-state index contributed by atoms with van der Waals surface area (Å²) >= 11 is 6.06. The van der Waals surface area contributed by atoms with E-state index in [9.17, 15) is 4.79 Å². The molecule has 1 aromatic rings. The van der Waals surface area contributed by atoms with Crippen LogP contribution in [-0.2, 0) is 0 Å². The summed E-state index contributed by atoms with van der Waals surface area (Å²) in [7, 11) is 3.12. The molecule has 0 spiro atoms. The number of ether oxygens (including phenoxy) is 2. The monoisotopic (exact) mass is 313 g/mol. The first-order valence-corrected chi connectivity index (χ1v) is 7.64. The number of carbonyl (C=O) groups excluding carboxylic acids is 1. The summed E-state index contributed by atoms with van der Waals surface area (Å²) in [6.45, 7) is 4.74. The van der Waals surface area contributed by atoms with Crippen molar-refractivity contribution in [2.24, 2.45) is 5.41 Å². The van der Waals surface area contributed by atoms with Gasteiger partial charge in [-0.15, -0.1) is 11.6 Å². The predicted octanol–water partition coefficient (Wildman–Crippen LogP) is 3.48. The number of methoxy groups -OCH3 is 2. The Morgan fingerprint density at radius 2 is 1.67 bits per heavy atom. The minimum Gasteiger partial charge on any atom is -0.497 e. The molecule has 118 valence electrons. The largest absolute Gasteiger partial charge is 0.497 e. The lowest BCUT2D eigenvalue weighted by Crippen LogP contribution is -2.38. The van der Waals surface area contributed by atoms with Gasteiger partial charge in [-0.1, -0.05) is 13.8 Å². The molecule has 5 heteroatoms. The number of hydrogen-bond donors (Lipinski definition) is 1. The van der Waals surface area contributed by atoms with E-state index in [2.05, 4.69) is 19.2 Å². The van der Waals surface area contributed by atoms with E-state index in [0.29, 0.717) is 29.5 Å². The van der Waals surface area contributed by atoms with Crippen LogP contribution in [0.1, 0.15) is 37.0 Å². The third kappa shape index (κ3) is 4.53. The van der Waals surface area contributed by atoms with Gasteiger partial charge in [0, 0.05) is 29.5 Å². The minimum atomic E-state index is -0.149. The normalized spacial score (nSPS) is 11.1. The maximum atomic E-state index is 12.3. The van der Waals surface area contributed by atoms with Gasteiger partial charge in [0.25, 0.3) is 5.91 Å². The van der Waals surface area contributed by atoms with Crippen molar-refractivity contribution in [3.63, 3.8) is 0 Å². The van der Waals surface area contributed by atoms with E-state index in [4.69, 9.17) is 21.1 Å². The molecule has 0 atom stereocenters. The van der Waals surface area contributed by atoms with E-state index in [1.54, 1.807) is 32.4 Å². The van der Waals surface area contributed by atoms with Crippen LogP contribution in [0.2, 0.25) is 0 Å². The highest BCUT2D eigenvalue weighted by molar-refractivity contribution is 6.18. The fraction of sp³-hybridized carbons (Fsp3) is 0.562. The lowest BCUT2D eigenvalue weighted by atomic mass is 9.84. The number of hydrogen-bond acceptors (Lipinski definition) is 3. The molecule has 0 aliphatic heterocycles. The first-order chi connectivity index (χ1) is 10.0. The summed E-state index contributed by atoms with van der Waals surface area (Å²) in [6.07, 6.45) is 1.85. The molecule has 0 aliphatic carbocycles. The highest BCUT2D eigenvalue weighted by atomic mass is 35.5. The van der Waals surface area contributed by atoms with Crippen LogP contribution in [0.4, 0.5) is 0 Å². The Morgan fingerprint density at radius 3 is 2.05 bits per heavy atom. The van der Waals surface area contributed by atoms with Crippen molar-refractivity contribution >= 4 is 17.5 Å². The number of amides is 1. The summed E-state index contributed by atoms with van der Waals surface area (Å²) in [6, 6.07) is 5.12. The summed E-state index contributed by atoms with van der Waals surface area (Å²) < 4.78 is 10.4. The van der Waals surface area contributed by atoms with Gasteiger partial charge in [-0.05, 0) is 25.0 Å². The second-order valence-electron chi connectivity index (χ2n) is 5.12. The highest BCUT2D eigenvalue weighted by Gasteiger charge is 2.26. The lowest BCUT2D eigenvalue weighted by molar-refractivity contribution is 0.0931. The number of rotatable bonds is 8.